The first-order valence-electron chi connectivity index (χ1n) is 10.8. The van der Waals surface area contributed by atoms with Gasteiger partial charge in [-0.1, -0.05) is 127 Å². The fourth-order valence-electron chi connectivity index (χ4n) is 3.36. The van der Waals surface area contributed by atoms with E-state index in [9.17, 15) is 0 Å². The van der Waals surface area contributed by atoms with Gasteiger partial charge in [0.15, 0.2) is 0 Å². The van der Waals surface area contributed by atoms with E-state index in [0.29, 0.717) is 4.32 Å². The Labute approximate surface area is 190 Å². The van der Waals surface area contributed by atoms with E-state index in [4.69, 9.17) is 18.0 Å². The molecular formula is C23H39NS2Zn. The van der Waals surface area contributed by atoms with E-state index in [0.717, 1.165) is 4.90 Å². The number of nitrogens with two attached hydrogens (primary N) is 1. The van der Waals surface area contributed by atoms with E-state index in [2.05, 4.69) is 31.2 Å². The van der Waals surface area contributed by atoms with Crippen molar-refractivity contribution in [1.82, 2.24) is 0 Å². The number of thiocarbonyl (C=S) groups is 1. The van der Waals surface area contributed by atoms with E-state index in [1.54, 1.807) is 0 Å². The van der Waals surface area contributed by atoms with Crippen molar-refractivity contribution in [2.45, 2.75) is 108 Å². The molecule has 0 saturated carbocycles. The smallest absolute Gasteiger partial charge is 0.135 e. The minimum Gasteiger partial charge on any atom is -0.384 e. The maximum absolute atomic E-state index is 5.55. The Morgan fingerprint density at radius 1 is 0.741 bits per heavy atom. The molecule has 1 rings (SSSR count). The third-order valence-electron chi connectivity index (χ3n) is 4.96. The molecular weight excluding hydrogens is 420 g/mol. The van der Waals surface area contributed by atoms with Gasteiger partial charge in [0.25, 0.3) is 0 Å². The number of unbranched alkanes of at least 4 members (excludes halogenated alkanes) is 13. The van der Waals surface area contributed by atoms with Crippen molar-refractivity contribution < 1.29 is 19.5 Å². The van der Waals surface area contributed by atoms with E-state index in [1.807, 2.05) is 0 Å². The molecule has 2 N–H and O–H groups in total. The summed E-state index contributed by atoms with van der Waals surface area (Å²) in [6.07, 6.45) is 21.0. The Morgan fingerprint density at radius 3 is 1.56 bits per heavy atom. The Bertz CT molecular complexity index is 462. The third kappa shape index (κ3) is 16.7. The van der Waals surface area contributed by atoms with Crippen molar-refractivity contribution in [3.05, 3.63) is 29.8 Å². The Morgan fingerprint density at radius 2 is 1.15 bits per heavy atom. The number of benzene rings is 1. The van der Waals surface area contributed by atoms with Crippen LogP contribution in [-0.2, 0) is 25.9 Å². The van der Waals surface area contributed by atoms with Gasteiger partial charge in [-0.05, 0) is 30.5 Å². The van der Waals surface area contributed by atoms with Crippen LogP contribution in [0, 0.1) is 0 Å². The van der Waals surface area contributed by atoms with Crippen molar-refractivity contribution in [2.75, 3.05) is 0 Å². The standard InChI is InChI=1S/C23H39NS2.Zn/c1-2-3-4-5-6-7-8-9-10-11-12-13-14-15-16-21-17-19-22(20-18-21)26-23(24)25;/h17-20H,2-16H2,1H3,(H2,24,25);. The Hall–Kier alpha value is 0.0834. The van der Waals surface area contributed by atoms with Gasteiger partial charge in [0.1, 0.15) is 4.32 Å². The number of hydrogen-bond acceptors (Lipinski definition) is 2. The molecule has 27 heavy (non-hydrogen) atoms. The van der Waals surface area contributed by atoms with Gasteiger partial charge >= 0.3 is 0 Å². The second-order valence-corrected chi connectivity index (χ2v) is 9.22. The summed E-state index contributed by atoms with van der Waals surface area (Å²) in [6.45, 7) is 2.29. The zero-order valence-corrected chi connectivity index (χ0v) is 22.1. The molecule has 0 unspecified atom stereocenters. The van der Waals surface area contributed by atoms with E-state index in [1.165, 1.54) is 114 Å². The van der Waals surface area contributed by atoms with Crippen molar-refractivity contribution in [3.63, 3.8) is 0 Å². The molecule has 0 aliphatic carbocycles. The van der Waals surface area contributed by atoms with Gasteiger partial charge < -0.3 is 5.73 Å². The summed E-state index contributed by atoms with van der Waals surface area (Å²) in [5.41, 5.74) is 6.98. The van der Waals surface area contributed by atoms with Gasteiger partial charge in [0.2, 0.25) is 0 Å². The van der Waals surface area contributed by atoms with Crippen LogP contribution in [-0.4, -0.2) is 4.32 Å². The number of aryl methyl sites for hydroxylation is 1. The van der Waals surface area contributed by atoms with Crippen LogP contribution < -0.4 is 5.73 Å². The maximum atomic E-state index is 5.55. The molecule has 0 amide bonds. The number of thioether (sulfide) groups is 1. The number of rotatable bonds is 16. The summed E-state index contributed by atoms with van der Waals surface area (Å²) in [5, 5.41) is 0. The van der Waals surface area contributed by atoms with Crippen molar-refractivity contribution in [2.24, 2.45) is 5.73 Å². The van der Waals surface area contributed by atoms with Crippen molar-refractivity contribution in [1.29, 1.82) is 0 Å². The molecule has 1 aromatic rings. The molecule has 4 heteroatoms. The molecule has 0 atom stereocenters. The first-order valence-corrected chi connectivity index (χ1v) is 12.0. The predicted octanol–water partition coefficient (Wildman–Crippen LogP) is 8.04. The normalized spacial score (nSPS) is 10.6. The summed E-state index contributed by atoms with van der Waals surface area (Å²) in [7, 11) is 0. The van der Waals surface area contributed by atoms with Gasteiger partial charge in [-0.15, -0.1) is 0 Å². The second kappa shape index (κ2) is 19.4. The summed E-state index contributed by atoms with van der Waals surface area (Å²) in [5.74, 6) is 0. The zero-order chi connectivity index (χ0) is 18.9. The minimum atomic E-state index is 0. The maximum Gasteiger partial charge on any atom is 0.135 e. The van der Waals surface area contributed by atoms with Crippen LogP contribution >= 0.6 is 24.0 Å². The van der Waals surface area contributed by atoms with Gasteiger partial charge in [0.05, 0.1) is 0 Å². The van der Waals surface area contributed by atoms with Crippen LogP contribution in [0.3, 0.4) is 0 Å². The molecule has 0 heterocycles. The second-order valence-electron chi connectivity index (χ2n) is 7.41. The van der Waals surface area contributed by atoms with Gasteiger partial charge in [-0.3, -0.25) is 0 Å². The van der Waals surface area contributed by atoms with Gasteiger partial charge in [0, 0.05) is 24.4 Å². The summed E-state index contributed by atoms with van der Waals surface area (Å²) < 4.78 is 0.490. The van der Waals surface area contributed by atoms with Crippen LogP contribution in [0.25, 0.3) is 0 Å². The molecule has 0 fully saturated rings. The van der Waals surface area contributed by atoms with Gasteiger partial charge in [-0.2, -0.15) is 0 Å². The minimum absolute atomic E-state index is 0. The first kappa shape index (κ1) is 27.1. The molecule has 0 spiro atoms. The molecule has 0 saturated heterocycles. The quantitative estimate of drug-likeness (QED) is 0.117. The van der Waals surface area contributed by atoms with E-state index >= 15 is 0 Å². The van der Waals surface area contributed by atoms with Crippen LogP contribution in [0.5, 0.6) is 0 Å². The summed E-state index contributed by atoms with van der Waals surface area (Å²) in [6, 6.07) is 8.68. The fourth-order valence-corrected chi connectivity index (χ4v) is 4.16. The fraction of sp³-hybridized carbons (Fsp3) is 0.696. The molecule has 1 aromatic carbocycles. The molecule has 1 nitrogen and oxygen atoms in total. The zero-order valence-electron chi connectivity index (χ0n) is 17.5. The summed E-state index contributed by atoms with van der Waals surface area (Å²) in [4.78, 5) is 1.14. The van der Waals surface area contributed by atoms with Crippen molar-refractivity contribution >= 4 is 28.3 Å². The molecule has 0 aliphatic heterocycles. The average Bonchev–Trinajstić information content (AvgIpc) is 2.63. The average molecular weight is 459 g/mol. The third-order valence-corrected chi connectivity index (χ3v) is 5.92. The van der Waals surface area contributed by atoms with E-state index < -0.39 is 0 Å². The molecule has 0 aromatic heterocycles. The van der Waals surface area contributed by atoms with Crippen LogP contribution in [0.4, 0.5) is 0 Å². The summed E-state index contributed by atoms with van der Waals surface area (Å²) >= 11 is 6.39. The van der Waals surface area contributed by atoms with Crippen LogP contribution in [0.2, 0.25) is 0 Å². The van der Waals surface area contributed by atoms with Gasteiger partial charge in [-0.25, -0.2) is 0 Å². The van der Waals surface area contributed by atoms with E-state index in [-0.39, 0.29) is 19.5 Å². The topological polar surface area (TPSA) is 26.0 Å². The van der Waals surface area contributed by atoms with Crippen molar-refractivity contribution in [3.8, 4) is 0 Å². The number of hydrogen-bond donors (Lipinski definition) is 1. The Balaban J connectivity index is 0.00000676. The molecule has 0 radical (unpaired) electrons. The first-order chi connectivity index (χ1) is 12.7. The molecule has 0 aliphatic rings. The van der Waals surface area contributed by atoms with Crippen LogP contribution in [0.1, 0.15) is 102 Å². The molecule has 0 bridgehead atoms. The Kier molecular flexibility index (Phi) is 19.5. The van der Waals surface area contributed by atoms with Crippen LogP contribution in [0.15, 0.2) is 29.2 Å². The largest absolute Gasteiger partial charge is 0.384 e. The molecule has 150 valence electrons. The SMILES string of the molecule is CCCCCCCCCCCCCCCCc1ccc(SC(N)=S)cc1.[Zn]. The monoisotopic (exact) mass is 457 g/mol. The predicted molar refractivity (Wildman–Crippen MR) is 123 cm³/mol.